The summed E-state index contributed by atoms with van der Waals surface area (Å²) >= 11 is 3.42. The van der Waals surface area contributed by atoms with Crippen molar-refractivity contribution in [1.82, 2.24) is 10.2 Å². The molecule has 1 fully saturated rings. The summed E-state index contributed by atoms with van der Waals surface area (Å²) in [7, 11) is 1.47. The number of methoxy groups -OCH3 is 1. The predicted molar refractivity (Wildman–Crippen MR) is 120 cm³/mol. The van der Waals surface area contributed by atoms with Crippen LogP contribution < -0.4 is 20.1 Å². The lowest BCUT2D eigenvalue weighted by atomic mass is 10.1. The highest BCUT2D eigenvalue weighted by atomic mass is 79.9. The molecule has 1 aliphatic rings. The maximum atomic E-state index is 12.3. The van der Waals surface area contributed by atoms with E-state index in [1.807, 2.05) is 31.2 Å². The zero-order valence-electron chi connectivity index (χ0n) is 17.3. The Hall–Kier alpha value is -3.33. The fourth-order valence-electron chi connectivity index (χ4n) is 2.96. The second-order valence-electron chi connectivity index (χ2n) is 6.77. The van der Waals surface area contributed by atoms with Gasteiger partial charge in [0.1, 0.15) is 5.70 Å². The summed E-state index contributed by atoms with van der Waals surface area (Å²) in [5, 5.41) is 5.31. The standard InChI is InChI=1S/C22H22BrN3O5/c1-4-26-21(28)17(25-22(26)29)10-14-9-16(23)20(18(11-14)30-3)31-12-19(27)24-15-7-5-13(2)6-8-15/h5-11H,4,12H2,1-3H3,(H,24,27)(H,25,29)/b17-10+. The first-order chi connectivity index (χ1) is 14.8. The summed E-state index contributed by atoms with van der Waals surface area (Å²) in [6.07, 6.45) is 1.55. The number of hydrogen-bond acceptors (Lipinski definition) is 5. The van der Waals surface area contributed by atoms with Gasteiger partial charge in [0.15, 0.2) is 18.1 Å². The Labute approximate surface area is 188 Å². The number of likely N-dealkylation sites (N-methyl/N-ethyl adjacent to an activating group) is 1. The summed E-state index contributed by atoms with van der Waals surface area (Å²) in [6.45, 7) is 3.76. The molecule has 4 amide bonds. The molecule has 3 rings (SSSR count). The lowest BCUT2D eigenvalue weighted by Gasteiger charge is -2.14. The van der Waals surface area contributed by atoms with Crippen molar-refractivity contribution < 1.29 is 23.9 Å². The SMILES string of the molecule is CCN1C(=O)N/C(=C/c2cc(Br)c(OCC(=O)Nc3ccc(C)cc3)c(OC)c2)C1=O. The van der Waals surface area contributed by atoms with E-state index in [2.05, 4.69) is 26.6 Å². The molecule has 31 heavy (non-hydrogen) atoms. The molecule has 0 aromatic heterocycles. The number of imide groups is 1. The van der Waals surface area contributed by atoms with Crippen LogP contribution in [-0.2, 0) is 9.59 Å². The lowest BCUT2D eigenvalue weighted by Crippen LogP contribution is -2.30. The minimum absolute atomic E-state index is 0.173. The van der Waals surface area contributed by atoms with Gasteiger partial charge in [-0.05, 0) is 65.7 Å². The van der Waals surface area contributed by atoms with Crippen molar-refractivity contribution >= 4 is 45.5 Å². The molecule has 0 unspecified atom stereocenters. The third-order valence-corrected chi connectivity index (χ3v) is 5.11. The van der Waals surface area contributed by atoms with Gasteiger partial charge >= 0.3 is 6.03 Å². The molecule has 1 aliphatic heterocycles. The van der Waals surface area contributed by atoms with E-state index in [0.29, 0.717) is 27.2 Å². The van der Waals surface area contributed by atoms with Gasteiger partial charge < -0.3 is 20.1 Å². The molecule has 8 nitrogen and oxygen atoms in total. The van der Waals surface area contributed by atoms with Crippen LogP contribution in [0.3, 0.4) is 0 Å². The Morgan fingerprint density at radius 1 is 1.23 bits per heavy atom. The number of carbonyl (C=O) groups is 3. The molecule has 0 saturated carbocycles. The Morgan fingerprint density at radius 3 is 2.55 bits per heavy atom. The van der Waals surface area contributed by atoms with E-state index in [4.69, 9.17) is 9.47 Å². The molecule has 0 atom stereocenters. The monoisotopic (exact) mass is 487 g/mol. The maximum absolute atomic E-state index is 12.3. The first kappa shape index (κ1) is 22.4. The highest BCUT2D eigenvalue weighted by Gasteiger charge is 2.32. The highest BCUT2D eigenvalue weighted by Crippen LogP contribution is 2.37. The van der Waals surface area contributed by atoms with Crippen LogP contribution in [0.5, 0.6) is 11.5 Å². The van der Waals surface area contributed by atoms with Gasteiger partial charge in [0.2, 0.25) is 0 Å². The second-order valence-corrected chi connectivity index (χ2v) is 7.63. The quantitative estimate of drug-likeness (QED) is 0.458. The molecule has 2 aromatic carbocycles. The van der Waals surface area contributed by atoms with Gasteiger partial charge in [-0.1, -0.05) is 17.7 Å². The molecule has 0 radical (unpaired) electrons. The van der Waals surface area contributed by atoms with Crippen LogP contribution in [-0.4, -0.2) is 43.0 Å². The normalized spacial score (nSPS) is 14.6. The van der Waals surface area contributed by atoms with Crippen LogP contribution in [0.4, 0.5) is 10.5 Å². The van der Waals surface area contributed by atoms with Gasteiger partial charge in [-0.15, -0.1) is 0 Å². The van der Waals surface area contributed by atoms with Crippen molar-refractivity contribution in [2.45, 2.75) is 13.8 Å². The average molecular weight is 488 g/mol. The highest BCUT2D eigenvalue weighted by molar-refractivity contribution is 9.10. The van der Waals surface area contributed by atoms with Gasteiger partial charge in [-0.2, -0.15) is 0 Å². The van der Waals surface area contributed by atoms with Crippen molar-refractivity contribution in [3.8, 4) is 11.5 Å². The van der Waals surface area contributed by atoms with Crippen molar-refractivity contribution in [2.75, 3.05) is 25.6 Å². The smallest absolute Gasteiger partial charge is 0.328 e. The Balaban J connectivity index is 1.73. The van der Waals surface area contributed by atoms with E-state index in [1.54, 1.807) is 25.1 Å². The number of amides is 4. The molecule has 2 aromatic rings. The number of rotatable bonds is 7. The summed E-state index contributed by atoms with van der Waals surface area (Å²) in [6, 6.07) is 10.3. The molecule has 0 spiro atoms. The minimum atomic E-state index is -0.454. The fourth-order valence-corrected chi connectivity index (χ4v) is 3.53. The first-order valence-corrected chi connectivity index (χ1v) is 10.3. The van der Waals surface area contributed by atoms with Crippen LogP contribution in [0.15, 0.2) is 46.6 Å². The molecule has 2 N–H and O–H groups in total. The molecular formula is C22H22BrN3O5. The van der Waals surface area contributed by atoms with Crippen molar-refractivity contribution in [2.24, 2.45) is 0 Å². The number of anilines is 1. The molecule has 0 aliphatic carbocycles. The van der Waals surface area contributed by atoms with E-state index in [9.17, 15) is 14.4 Å². The Morgan fingerprint density at radius 2 is 1.94 bits per heavy atom. The number of nitrogens with one attached hydrogen (secondary N) is 2. The van der Waals surface area contributed by atoms with Gasteiger partial charge in [0.05, 0.1) is 11.6 Å². The van der Waals surface area contributed by atoms with Gasteiger partial charge in [-0.3, -0.25) is 14.5 Å². The van der Waals surface area contributed by atoms with E-state index in [1.165, 1.54) is 7.11 Å². The maximum Gasteiger partial charge on any atom is 0.328 e. The summed E-state index contributed by atoms with van der Waals surface area (Å²) in [5.74, 6) is 0.00720. The molecule has 0 bridgehead atoms. The van der Waals surface area contributed by atoms with E-state index < -0.39 is 11.9 Å². The van der Waals surface area contributed by atoms with Crippen molar-refractivity contribution in [1.29, 1.82) is 0 Å². The number of carbonyl (C=O) groups excluding carboxylic acids is 3. The van der Waals surface area contributed by atoms with Crippen LogP contribution in [0.2, 0.25) is 0 Å². The summed E-state index contributed by atoms with van der Waals surface area (Å²) in [4.78, 5) is 37.4. The van der Waals surface area contributed by atoms with Crippen LogP contribution in [0.1, 0.15) is 18.1 Å². The third kappa shape index (κ3) is 5.24. The largest absolute Gasteiger partial charge is 0.493 e. The number of benzene rings is 2. The van der Waals surface area contributed by atoms with Crippen molar-refractivity contribution in [3.63, 3.8) is 0 Å². The number of aryl methyl sites for hydroxylation is 1. The molecule has 162 valence electrons. The van der Waals surface area contributed by atoms with Crippen LogP contribution >= 0.6 is 15.9 Å². The lowest BCUT2D eigenvalue weighted by molar-refractivity contribution is -0.122. The average Bonchev–Trinajstić information content (AvgIpc) is 3.00. The van der Waals surface area contributed by atoms with E-state index in [0.717, 1.165) is 10.5 Å². The summed E-state index contributed by atoms with van der Waals surface area (Å²) < 4.78 is 11.6. The zero-order chi connectivity index (χ0) is 22.5. The predicted octanol–water partition coefficient (Wildman–Crippen LogP) is 3.70. The van der Waals surface area contributed by atoms with Crippen LogP contribution in [0, 0.1) is 6.92 Å². The van der Waals surface area contributed by atoms with Gasteiger partial charge in [0, 0.05) is 12.2 Å². The molecular weight excluding hydrogens is 466 g/mol. The summed E-state index contributed by atoms with van der Waals surface area (Å²) in [5.41, 5.74) is 2.56. The number of urea groups is 1. The van der Waals surface area contributed by atoms with Gasteiger partial charge in [-0.25, -0.2) is 4.79 Å². The first-order valence-electron chi connectivity index (χ1n) is 9.53. The molecule has 1 heterocycles. The minimum Gasteiger partial charge on any atom is -0.493 e. The Kier molecular flexibility index (Phi) is 6.96. The zero-order valence-corrected chi connectivity index (χ0v) is 18.9. The Bertz CT molecular complexity index is 1050. The fraction of sp³-hybridized carbons (Fsp3) is 0.227. The number of halogens is 1. The number of nitrogens with zero attached hydrogens (tertiary/aromatic N) is 1. The van der Waals surface area contributed by atoms with Gasteiger partial charge in [0.25, 0.3) is 11.8 Å². The van der Waals surface area contributed by atoms with Crippen LogP contribution in [0.25, 0.3) is 6.08 Å². The second kappa shape index (κ2) is 9.65. The number of ether oxygens (including phenoxy) is 2. The third-order valence-electron chi connectivity index (χ3n) is 4.52. The van der Waals surface area contributed by atoms with Crippen molar-refractivity contribution in [3.05, 3.63) is 57.7 Å². The van der Waals surface area contributed by atoms with E-state index in [-0.39, 0.29) is 24.8 Å². The topological polar surface area (TPSA) is 97.0 Å². The molecule has 1 saturated heterocycles. The number of hydrogen-bond donors (Lipinski definition) is 2. The molecule has 9 heteroatoms. The van der Waals surface area contributed by atoms with E-state index >= 15 is 0 Å².